The molecule has 1 aliphatic rings. The number of nitrogens with one attached hydrogen (secondary N) is 1. The quantitative estimate of drug-likeness (QED) is 0.619. The normalized spacial score (nSPS) is 21.1. The van der Waals surface area contributed by atoms with E-state index in [1.807, 2.05) is 18.0 Å². The van der Waals surface area contributed by atoms with Gasteiger partial charge in [-0.25, -0.2) is 10.8 Å². The molecule has 0 amide bonds. The zero-order valence-corrected chi connectivity index (χ0v) is 10.4. The first-order valence-corrected chi connectivity index (χ1v) is 6.96. The van der Waals surface area contributed by atoms with Crippen molar-refractivity contribution in [3.63, 3.8) is 0 Å². The van der Waals surface area contributed by atoms with Gasteiger partial charge in [-0.3, -0.25) is 10.3 Å². The van der Waals surface area contributed by atoms with E-state index in [4.69, 9.17) is 5.84 Å². The van der Waals surface area contributed by atoms with E-state index in [0.717, 1.165) is 17.7 Å². The largest absolute Gasteiger partial charge is 0.300 e. The number of rotatable bonds is 4. The molecule has 4 nitrogen and oxygen atoms in total. The minimum Gasteiger partial charge on any atom is -0.300 e. The predicted octanol–water partition coefficient (Wildman–Crippen LogP) is 1.37. The monoisotopic (exact) mass is 244 g/mol. The Morgan fingerprint density at radius 3 is 3.20 bits per heavy atom. The first-order valence-electron chi connectivity index (χ1n) is 4.99. The Balaban J connectivity index is 1.89. The fourth-order valence-corrected chi connectivity index (χ4v) is 3.78. The molecule has 1 saturated heterocycles. The van der Waals surface area contributed by atoms with E-state index < -0.39 is 0 Å². The van der Waals surface area contributed by atoms with Gasteiger partial charge in [0.2, 0.25) is 0 Å². The second kappa shape index (κ2) is 5.16. The molecule has 1 atom stereocenters. The third-order valence-electron chi connectivity index (χ3n) is 2.61. The van der Waals surface area contributed by atoms with Gasteiger partial charge < -0.3 is 0 Å². The van der Waals surface area contributed by atoms with Crippen molar-refractivity contribution in [1.82, 2.24) is 9.88 Å². The molecular formula is C9H16N4S2. The highest BCUT2D eigenvalue weighted by Gasteiger charge is 2.20. The van der Waals surface area contributed by atoms with Gasteiger partial charge in [0.1, 0.15) is 0 Å². The number of anilines is 1. The van der Waals surface area contributed by atoms with Crippen molar-refractivity contribution < 1.29 is 0 Å². The Hall–Kier alpha value is -0.300. The van der Waals surface area contributed by atoms with Gasteiger partial charge in [-0.05, 0) is 19.2 Å². The fraction of sp³-hybridized carbons (Fsp3) is 0.667. The third-order valence-corrected chi connectivity index (χ3v) is 4.67. The van der Waals surface area contributed by atoms with E-state index in [1.54, 1.807) is 11.3 Å². The number of thiazole rings is 1. The summed E-state index contributed by atoms with van der Waals surface area (Å²) in [5, 5.41) is 0.791. The van der Waals surface area contributed by atoms with Crippen LogP contribution in [-0.2, 0) is 6.54 Å². The number of aromatic nitrogens is 1. The summed E-state index contributed by atoms with van der Waals surface area (Å²) in [6, 6.07) is 0.728. The maximum atomic E-state index is 5.30. The lowest BCUT2D eigenvalue weighted by molar-refractivity contribution is 0.256. The van der Waals surface area contributed by atoms with Gasteiger partial charge in [0.05, 0.1) is 0 Å². The molecule has 0 radical (unpaired) electrons. The topological polar surface area (TPSA) is 54.2 Å². The van der Waals surface area contributed by atoms with Crippen LogP contribution in [0, 0.1) is 0 Å². The number of thioether (sulfide) groups is 1. The van der Waals surface area contributed by atoms with Crippen LogP contribution in [0.1, 0.15) is 11.3 Å². The molecule has 0 aliphatic carbocycles. The lowest BCUT2D eigenvalue weighted by Gasteiger charge is -2.22. The Morgan fingerprint density at radius 2 is 2.60 bits per heavy atom. The number of hydrazine groups is 1. The second-order valence-electron chi connectivity index (χ2n) is 3.71. The number of nitrogen functional groups attached to an aromatic ring is 1. The minimum absolute atomic E-state index is 0.728. The molecule has 3 N–H and O–H groups in total. The highest BCUT2D eigenvalue weighted by Crippen LogP contribution is 2.24. The maximum absolute atomic E-state index is 5.30. The molecule has 1 fully saturated rings. The van der Waals surface area contributed by atoms with Crippen LogP contribution < -0.4 is 11.3 Å². The minimum atomic E-state index is 0.728. The van der Waals surface area contributed by atoms with Crippen molar-refractivity contribution in [3.8, 4) is 0 Å². The van der Waals surface area contributed by atoms with E-state index in [9.17, 15) is 0 Å². The summed E-state index contributed by atoms with van der Waals surface area (Å²) < 4.78 is 0. The van der Waals surface area contributed by atoms with Crippen LogP contribution >= 0.6 is 23.1 Å². The van der Waals surface area contributed by atoms with Gasteiger partial charge in [0.25, 0.3) is 0 Å². The fourth-order valence-electron chi connectivity index (χ4n) is 1.69. The number of hydrogen-bond acceptors (Lipinski definition) is 6. The summed E-state index contributed by atoms with van der Waals surface area (Å²) in [7, 11) is 2.19. The summed E-state index contributed by atoms with van der Waals surface area (Å²) in [5.74, 6) is 7.86. The Labute approximate surface area is 98.2 Å². The number of nitrogens with zero attached hydrogens (tertiary/aromatic N) is 2. The summed E-state index contributed by atoms with van der Waals surface area (Å²) in [5.41, 5.74) is 2.57. The molecule has 84 valence electrons. The molecule has 2 heterocycles. The van der Waals surface area contributed by atoms with E-state index in [-0.39, 0.29) is 0 Å². The highest BCUT2D eigenvalue weighted by atomic mass is 32.2. The SMILES string of the molecule is CN(Cc1cnc(NN)s1)C1CCSC1. The number of nitrogens with two attached hydrogens (primary N) is 1. The standard InChI is InChI=1S/C9H16N4S2/c1-13(7-2-3-14-6-7)5-8-4-11-9(12-10)15-8/h4,7H,2-3,5-6,10H2,1H3,(H,11,12). The molecule has 2 rings (SSSR count). The average Bonchev–Trinajstić information content (AvgIpc) is 2.87. The Bertz CT molecular complexity index is 309. The van der Waals surface area contributed by atoms with E-state index in [0.29, 0.717) is 0 Å². The van der Waals surface area contributed by atoms with E-state index in [1.165, 1.54) is 22.8 Å². The van der Waals surface area contributed by atoms with Crippen LogP contribution in [0.25, 0.3) is 0 Å². The van der Waals surface area contributed by atoms with E-state index in [2.05, 4.69) is 22.4 Å². The Kier molecular flexibility index (Phi) is 3.85. The summed E-state index contributed by atoms with van der Waals surface area (Å²) >= 11 is 3.67. The van der Waals surface area contributed by atoms with Crippen LogP contribution in [-0.4, -0.2) is 34.5 Å². The van der Waals surface area contributed by atoms with Crippen molar-refractivity contribution in [2.75, 3.05) is 24.0 Å². The zero-order valence-electron chi connectivity index (χ0n) is 8.77. The third kappa shape index (κ3) is 2.84. The second-order valence-corrected chi connectivity index (χ2v) is 5.97. The van der Waals surface area contributed by atoms with Crippen LogP contribution in [0.5, 0.6) is 0 Å². The molecule has 0 spiro atoms. The summed E-state index contributed by atoms with van der Waals surface area (Å²) in [6.45, 7) is 0.977. The molecule has 0 saturated carbocycles. The van der Waals surface area contributed by atoms with Gasteiger partial charge in [0.15, 0.2) is 5.13 Å². The van der Waals surface area contributed by atoms with Crippen LogP contribution in [0.3, 0.4) is 0 Å². The molecule has 1 aromatic heterocycles. The van der Waals surface area contributed by atoms with Crippen molar-refractivity contribution in [3.05, 3.63) is 11.1 Å². The summed E-state index contributed by atoms with van der Waals surface area (Å²) in [6.07, 6.45) is 3.21. The Morgan fingerprint density at radius 1 is 1.73 bits per heavy atom. The van der Waals surface area contributed by atoms with Crippen LogP contribution in [0.15, 0.2) is 6.20 Å². The maximum Gasteiger partial charge on any atom is 0.197 e. The van der Waals surface area contributed by atoms with Gasteiger partial charge >= 0.3 is 0 Å². The lowest BCUT2D eigenvalue weighted by Crippen LogP contribution is -2.30. The molecule has 0 aromatic carbocycles. The molecule has 15 heavy (non-hydrogen) atoms. The zero-order chi connectivity index (χ0) is 10.7. The van der Waals surface area contributed by atoms with Gasteiger partial charge in [-0.1, -0.05) is 11.3 Å². The number of hydrogen-bond donors (Lipinski definition) is 2. The smallest absolute Gasteiger partial charge is 0.197 e. The van der Waals surface area contributed by atoms with Crippen molar-refractivity contribution in [1.29, 1.82) is 0 Å². The van der Waals surface area contributed by atoms with Gasteiger partial charge in [0, 0.05) is 29.4 Å². The van der Waals surface area contributed by atoms with Crippen LogP contribution in [0.2, 0.25) is 0 Å². The first kappa shape index (κ1) is 11.2. The molecule has 1 aliphatic heterocycles. The van der Waals surface area contributed by atoms with Crippen LogP contribution in [0.4, 0.5) is 5.13 Å². The van der Waals surface area contributed by atoms with Gasteiger partial charge in [-0.15, -0.1) is 0 Å². The van der Waals surface area contributed by atoms with Gasteiger partial charge in [-0.2, -0.15) is 11.8 Å². The molecule has 0 bridgehead atoms. The van der Waals surface area contributed by atoms with Crippen molar-refractivity contribution >= 4 is 28.2 Å². The first-order chi connectivity index (χ1) is 7.29. The average molecular weight is 244 g/mol. The van der Waals surface area contributed by atoms with Crippen molar-refractivity contribution in [2.45, 2.75) is 19.0 Å². The van der Waals surface area contributed by atoms with E-state index >= 15 is 0 Å². The molecule has 6 heteroatoms. The molecular weight excluding hydrogens is 228 g/mol. The highest BCUT2D eigenvalue weighted by molar-refractivity contribution is 7.99. The summed E-state index contributed by atoms with van der Waals surface area (Å²) in [4.78, 5) is 7.84. The predicted molar refractivity (Wildman–Crippen MR) is 67.1 cm³/mol. The molecule has 1 unspecified atom stereocenters. The lowest BCUT2D eigenvalue weighted by atomic mass is 10.2. The molecule has 1 aromatic rings. The van der Waals surface area contributed by atoms with Crippen molar-refractivity contribution in [2.24, 2.45) is 5.84 Å².